The second kappa shape index (κ2) is 11.6. The Bertz CT molecular complexity index is 1180. The molecule has 2 aromatic heterocycles. The first kappa shape index (κ1) is 25.8. The summed E-state index contributed by atoms with van der Waals surface area (Å²) >= 11 is 0. The zero-order valence-electron chi connectivity index (χ0n) is 21.0. The highest BCUT2D eigenvalue weighted by Crippen LogP contribution is 2.25. The number of rotatable bonds is 7. The number of piperidine rings is 1. The summed E-state index contributed by atoms with van der Waals surface area (Å²) in [6.07, 6.45) is 10.0. The molecule has 2 atom stereocenters. The van der Waals surface area contributed by atoms with Gasteiger partial charge in [-0.25, -0.2) is 13.8 Å². The number of halogens is 2. The summed E-state index contributed by atoms with van der Waals surface area (Å²) in [5.74, 6) is -0.212. The number of likely N-dealkylation sites (tertiary alicyclic amines) is 1. The zero-order chi connectivity index (χ0) is 25.7. The number of nitrogens with zero attached hydrogens (tertiary/aromatic N) is 4. The minimum atomic E-state index is -0.911. The van der Waals surface area contributed by atoms with Gasteiger partial charge >= 0.3 is 0 Å². The first-order valence-electron chi connectivity index (χ1n) is 12.5. The van der Waals surface area contributed by atoms with Gasteiger partial charge in [0, 0.05) is 49.0 Å². The normalized spacial score (nSPS) is 19.8. The molecule has 1 saturated heterocycles. The third-order valence-electron chi connectivity index (χ3n) is 6.68. The highest BCUT2D eigenvalue weighted by atomic mass is 19.1. The molecule has 2 aliphatic rings. The SMILES string of the molecule is CCN1CCC(Nc2cncc(-c3cn(-c4cc(C)c(F)cc4C)cn3)c2)C(F)C1.O=CNC1CC1. The highest BCUT2D eigenvalue weighted by Gasteiger charge is 2.28. The van der Waals surface area contributed by atoms with Crippen molar-refractivity contribution in [2.75, 3.05) is 25.0 Å². The van der Waals surface area contributed by atoms with Gasteiger partial charge in [0.1, 0.15) is 12.0 Å². The van der Waals surface area contributed by atoms with Gasteiger partial charge in [-0.15, -0.1) is 0 Å². The van der Waals surface area contributed by atoms with E-state index in [9.17, 15) is 13.6 Å². The molecule has 0 bridgehead atoms. The predicted molar refractivity (Wildman–Crippen MR) is 137 cm³/mol. The number of aromatic nitrogens is 3. The highest BCUT2D eigenvalue weighted by molar-refractivity contribution is 5.63. The van der Waals surface area contributed by atoms with Crippen LogP contribution in [-0.2, 0) is 4.79 Å². The molecule has 36 heavy (non-hydrogen) atoms. The first-order valence-corrected chi connectivity index (χ1v) is 12.5. The average molecular weight is 497 g/mol. The van der Waals surface area contributed by atoms with Gasteiger partial charge in [0.05, 0.1) is 23.8 Å². The van der Waals surface area contributed by atoms with Crippen LogP contribution in [0.4, 0.5) is 14.5 Å². The topological polar surface area (TPSA) is 75.1 Å². The summed E-state index contributed by atoms with van der Waals surface area (Å²) in [7, 11) is 0. The Morgan fingerprint density at radius 3 is 2.61 bits per heavy atom. The van der Waals surface area contributed by atoms with E-state index in [0.717, 1.165) is 54.1 Å². The Balaban J connectivity index is 0.000000445. The number of hydrogen-bond donors (Lipinski definition) is 2. The lowest BCUT2D eigenvalue weighted by atomic mass is 10.0. The average Bonchev–Trinajstić information content (AvgIpc) is 3.56. The molecule has 0 spiro atoms. The quantitative estimate of drug-likeness (QED) is 0.474. The van der Waals surface area contributed by atoms with Crippen LogP contribution in [0.1, 0.15) is 37.3 Å². The maximum absolute atomic E-state index is 14.5. The van der Waals surface area contributed by atoms with E-state index in [2.05, 4.69) is 32.4 Å². The number of pyridine rings is 1. The molecule has 2 fully saturated rings. The first-order chi connectivity index (χ1) is 17.4. The van der Waals surface area contributed by atoms with E-state index in [1.807, 2.05) is 29.8 Å². The van der Waals surface area contributed by atoms with Crippen molar-refractivity contribution in [1.29, 1.82) is 0 Å². The number of benzene rings is 1. The molecule has 1 amide bonds. The molecule has 3 aromatic rings. The van der Waals surface area contributed by atoms with Crippen LogP contribution in [0.2, 0.25) is 0 Å². The molecule has 3 heterocycles. The number of imidazole rings is 1. The number of hydrogen-bond acceptors (Lipinski definition) is 5. The second-order valence-corrected chi connectivity index (χ2v) is 9.52. The molecule has 1 aliphatic heterocycles. The second-order valence-electron chi connectivity index (χ2n) is 9.52. The summed E-state index contributed by atoms with van der Waals surface area (Å²) in [5.41, 5.74) is 4.70. The van der Waals surface area contributed by atoms with Crippen molar-refractivity contribution in [2.45, 2.75) is 58.3 Å². The minimum absolute atomic E-state index is 0.212. The molecule has 0 radical (unpaired) electrons. The lowest BCUT2D eigenvalue weighted by Crippen LogP contribution is -2.47. The van der Waals surface area contributed by atoms with Crippen molar-refractivity contribution in [3.8, 4) is 16.9 Å². The van der Waals surface area contributed by atoms with Crippen molar-refractivity contribution in [1.82, 2.24) is 24.8 Å². The molecule has 1 aliphatic carbocycles. The van der Waals surface area contributed by atoms with Gasteiger partial charge < -0.3 is 20.1 Å². The van der Waals surface area contributed by atoms with Gasteiger partial charge in [-0.05, 0) is 69.0 Å². The monoisotopic (exact) mass is 496 g/mol. The summed E-state index contributed by atoms with van der Waals surface area (Å²) in [5, 5.41) is 5.95. The fraction of sp³-hybridized carbons (Fsp3) is 0.444. The van der Waals surface area contributed by atoms with Gasteiger partial charge in [-0.2, -0.15) is 0 Å². The number of nitrogens with one attached hydrogen (secondary N) is 2. The number of anilines is 1. The van der Waals surface area contributed by atoms with E-state index < -0.39 is 6.17 Å². The zero-order valence-corrected chi connectivity index (χ0v) is 21.0. The van der Waals surface area contributed by atoms with Crippen LogP contribution in [0, 0.1) is 19.7 Å². The van der Waals surface area contributed by atoms with Crippen molar-refractivity contribution < 1.29 is 13.6 Å². The molecule has 7 nitrogen and oxygen atoms in total. The summed E-state index contributed by atoms with van der Waals surface area (Å²) in [6.45, 7) is 7.91. The third kappa shape index (κ3) is 6.46. The van der Waals surface area contributed by atoms with Crippen LogP contribution in [0.25, 0.3) is 16.9 Å². The lowest BCUT2D eigenvalue weighted by molar-refractivity contribution is -0.109. The molecule has 2 unspecified atom stereocenters. The van der Waals surface area contributed by atoms with Crippen LogP contribution in [-0.4, -0.2) is 63.7 Å². The fourth-order valence-electron chi connectivity index (χ4n) is 4.28. The van der Waals surface area contributed by atoms with Crippen molar-refractivity contribution in [3.05, 3.63) is 60.1 Å². The summed E-state index contributed by atoms with van der Waals surface area (Å²) in [4.78, 5) is 20.5. The summed E-state index contributed by atoms with van der Waals surface area (Å²) < 4.78 is 30.2. The number of alkyl halides is 1. The van der Waals surface area contributed by atoms with Gasteiger partial charge in [0.15, 0.2) is 0 Å². The van der Waals surface area contributed by atoms with E-state index >= 15 is 0 Å². The fourth-order valence-corrected chi connectivity index (χ4v) is 4.28. The largest absolute Gasteiger partial charge is 0.378 e. The summed E-state index contributed by atoms with van der Waals surface area (Å²) in [6, 6.07) is 5.61. The van der Waals surface area contributed by atoms with E-state index in [1.54, 1.807) is 25.6 Å². The standard InChI is InChI=1S/C23H27F2N5.C4H7NO/c1-4-29-6-5-21(20(25)12-29)28-18-9-17(10-26-11-18)22-13-30(14-27-22)23-8-15(2)19(24)7-16(23)3;6-3-5-4-1-2-4/h7-11,13-14,20-21,28H,4-6,12H2,1-3H3;3-4H,1-2H2,(H,5,6). The van der Waals surface area contributed by atoms with Crippen molar-refractivity contribution >= 4 is 12.1 Å². The molecule has 2 N–H and O–H groups in total. The van der Waals surface area contributed by atoms with Gasteiger partial charge in [0.2, 0.25) is 6.41 Å². The smallest absolute Gasteiger partial charge is 0.207 e. The van der Waals surface area contributed by atoms with Gasteiger partial charge in [-0.3, -0.25) is 9.78 Å². The Morgan fingerprint density at radius 2 is 1.94 bits per heavy atom. The van der Waals surface area contributed by atoms with Crippen LogP contribution in [0.3, 0.4) is 0 Å². The molecular formula is C27H34F2N6O. The van der Waals surface area contributed by atoms with E-state index in [4.69, 9.17) is 0 Å². The van der Waals surface area contributed by atoms with Crippen LogP contribution >= 0.6 is 0 Å². The maximum atomic E-state index is 14.5. The van der Waals surface area contributed by atoms with Gasteiger partial charge in [0.25, 0.3) is 0 Å². The number of carbonyl (C=O) groups excluding carboxylic acids is 1. The van der Waals surface area contributed by atoms with Crippen molar-refractivity contribution in [2.24, 2.45) is 0 Å². The Labute approximate surface area is 210 Å². The molecule has 1 aromatic carbocycles. The minimum Gasteiger partial charge on any atom is -0.378 e. The third-order valence-corrected chi connectivity index (χ3v) is 6.68. The molecule has 192 valence electrons. The van der Waals surface area contributed by atoms with Crippen LogP contribution < -0.4 is 10.6 Å². The van der Waals surface area contributed by atoms with E-state index in [0.29, 0.717) is 18.2 Å². The van der Waals surface area contributed by atoms with Crippen LogP contribution in [0.5, 0.6) is 0 Å². The molecule has 1 saturated carbocycles. The molecule has 9 heteroatoms. The lowest BCUT2D eigenvalue weighted by Gasteiger charge is -2.34. The Kier molecular flexibility index (Phi) is 8.30. The number of amides is 1. The Hall–Kier alpha value is -3.33. The predicted octanol–water partition coefficient (Wildman–Crippen LogP) is 4.43. The number of aryl methyl sites for hydroxylation is 2. The van der Waals surface area contributed by atoms with Crippen molar-refractivity contribution in [3.63, 3.8) is 0 Å². The van der Waals surface area contributed by atoms with E-state index in [-0.39, 0.29) is 11.9 Å². The maximum Gasteiger partial charge on any atom is 0.207 e. The Morgan fingerprint density at radius 1 is 1.14 bits per heavy atom. The molecule has 5 rings (SSSR count). The number of carbonyl (C=O) groups is 1. The molecular weight excluding hydrogens is 462 g/mol. The van der Waals surface area contributed by atoms with E-state index in [1.165, 1.54) is 18.9 Å². The van der Waals surface area contributed by atoms with Gasteiger partial charge in [-0.1, -0.05) is 6.92 Å². The van der Waals surface area contributed by atoms with Crippen LogP contribution in [0.15, 0.2) is 43.1 Å².